The van der Waals surface area contributed by atoms with Crippen LogP contribution in [0.5, 0.6) is 0 Å². The zero-order chi connectivity index (χ0) is 12.0. The van der Waals surface area contributed by atoms with Crippen molar-refractivity contribution in [2.45, 2.75) is 0 Å². The summed E-state index contributed by atoms with van der Waals surface area (Å²) in [6, 6.07) is 10.1. The molecule has 0 saturated heterocycles. The summed E-state index contributed by atoms with van der Waals surface area (Å²) in [6.07, 6.45) is 0. The van der Waals surface area contributed by atoms with Crippen LogP contribution in [0.25, 0.3) is 21.9 Å². The van der Waals surface area contributed by atoms with E-state index in [9.17, 15) is 4.79 Å². The van der Waals surface area contributed by atoms with Gasteiger partial charge in [0.05, 0.1) is 5.56 Å². The van der Waals surface area contributed by atoms with E-state index in [0.29, 0.717) is 16.2 Å². The van der Waals surface area contributed by atoms with Crippen molar-refractivity contribution in [3.63, 3.8) is 0 Å². The first kappa shape index (κ1) is 10.2. The highest BCUT2D eigenvalue weighted by Gasteiger charge is 2.10. The summed E-state index contributed by atoms with van der Waals surface area (Å²) < 4.78 is 5.58. The smallest absolute Gasteiger partial charge is 0.335 e. The van der Waals surface area contributed by atoms with Gasteiger partial charge in [0.2, 0.25) is 0 Å². The minimum Gasteiger partial charge on any atom is -0.478 e. The largest absolute Gasteiger partial charge is 0.478 e. The Morgan fingerprint density at radius 3 is 2.65 bits per heavy atom. The number of aromatic carboxylic acids is 1. The van der Waals surface area contributed by atoms with Crippen molar-refractivity contribution in [2.75, 3.05) is 0 Å². The number of furan rings is 1. The molecule has 0 aliphatic rings. The second-order valence-electron chi connectivity index (χ2n) is 3.76. The predicted octanol–water partition coefficient (Wildman–Crippen LogP) is 3.94. The Hall–Kier alpha value is -2.00. The summed E-state index contributed by atoms with van der Waals surface area (Å²) >= 11 is 5.92. The number of fused-ring (bicyclic) bond motifs is 3. The molecule has 0 bridgehead atoms. The van der Waals surface area contributed by atoms with E-state index in [0.717, 1.165) is 10.8 Å². The van der Waals surface area contributed by atoms with Gasteiger partial charge in [0.15, 0.2) is 0 Å². The van der Waals surface area contributed by atoms with E-state index in [1.807, 2.05) is 6.07 Å². The molecule has 4 heteroatoms. The lowest BCUT2D eigenvalue weighted by Crippen LogP contribution is -1.94. The van der Waals surface area contributed by atoms with E-state index in [2.05, 4.69) is 0 Å². The van der Waals surface area contributed by atoms with Gasteiger partial charge in [0.25, 0.3) is 0 Å². The zero-order valence-corrected chi connectivity index (χ0v) is 9.36. The number of carboxylic acid groups (broad SMARTS) is 1. The molecule has 3 nitrogen and oxygen atoms in total. The highest BCUT2D eigenvalue weighted by atomic mass is 35.5. The summed E-state index contributed by atoms with van der Waals surface area (Å²) in [5.41, 5.74) is 1.47. The number of hydrogen-bond donors (Lipinski definition) is 1. The third kappa shape index (κ3) is 1.56. The Bertz CT molecular complexity index is 743. The Balaban J connectivity index is 2.39. The van der Waals surface area contributed by atoms with Crippen LogP contribution in [0.4, 0.5) is 0 Å². The van der Waals surface area contributed by atoms with Gasteiger partial charge in [0.1, 0.15) is 11.2 Å². The lowest BCUT2D eigenvalue weighted by molar-refractivity contribution is 0.0697. The molecule has 0 amide bonds. The summed E-state index contributed by atoms with van der Waals surface area (Å²) in [5, 5.41) is 11.3. The minimum atomic E-state index is -0.967. The Labute approximate surface area is 101 Å². The minimum absolute atomic E-state index is 0.211. The molecule has 0 aliphatic heterocycles. The van der Waals surface area contributed by atoms with Crippen molar-refractivity contribution in [2.24, 2.45) is 0 Å². The van der Waals surface area contributed by atoms with Crippen LogP contribution in [0, 0.1) is 0 Å². The molecule has 0 fully saturated rings. The average Bonchev–Trinajstić information content (AvgIpc) is 2.66. The second-order valence-corrected chi connectivity index (χ2v) is 4.20. The molecule has 0 atom stereocenters. The lowest BCUT2D eigenvalue weighted by atomic mass is 10.1. The lowest BCUT2D eigenvalue weighted by Gasteiger charge is -1.93. The van der Waals surface area contributed by atoms with Gasteiger partial charge in [-0.15, -0.1) is 0 Å². The molecule has 3 aromatic rings. The van der Waals surface area contributed by atoms with Gasteiger partial charge in [-0.2, -0.15) is 0 Å². The van der Waals surface area contributed by atoms with E-state index >= 15 is 0 Å². The van der Waals surface area contributed by atoms with Gasteiger partial charge in [-0.05, 0) is 36.4 Å². The summed E-state index contributed by atoms with van der Waals surface area (Å²) in [4.78, 5) is 10.9. The Kier molecular flexibility index (Phi) is 2.09. The number of halogens is 1. The fraction of sp³-hybridized carbons (Fsp3) is 0. The topological polar surface area (TPSA) is 50.4 Å². The Morgan fingerprint density at radius 2 is 1.88 bits per heavy atom. The van der Waals surface area contributed by atoms with Crippen molar-refractivity contribution in [3.8, 4) is 0 Å². The standard InChI is InChI=1S/C13H7ClO3/c14-8-2-4-11-10(6-8)9-3-1-7(13(15)16)5-12(9)17-11/h1-6H,(H,15,16). The van der Waals surface area contributed by atoms with Gasteiger partial charge in [-0.25, -0.2) is 4.79 Å². The predicted molar refractivity (Wildman–Crippen MR) is 65.7 cm³/mol. The monoisotopic (exact) mass is 246 g/mol. The number of hydrogen-bond acceptors (Lipinski definition) is 2. The first-order chi connectivity index (χ1) is 8.15. The maximum atomic E-state index is 10.9. The van der Waals surface area contributed by atoms with E-state index in [4.69, 9.17) is 21.1 Å². The molecule has 0 saturated carbocycles. The zero-order valence-electron chi connectivity index (χ0n) is 8.61. The average molecular weight is 247 g/mol. The maximum absolute atomic E-state index is 10.9. The molecule has 1 aromatic heterocycles. The van der Waals surface area contributed by atoms with Crippen molar-refractivity contribution in [1.29, 1.82) is 0 Å². The number of benzene rings is 2. The molecule has 17 heavy (non-hydrogen) atoms. The number of carbonyl (C=O) groups is 1. The summed E-state index contributed by atoms with van der Waals surface area (Å²) in [6.45, 7) is 0. The van der Waals surface area contributed by atoms with E-state index in [-0.39, 0.29) is 5.56 Å². The first-order valence-corrected chi connectivity index (χ1v) is 5.38. The third-order valence-corrected chi connectivity index (χ3v) is 2.92. The maximum Gasteiger partial charge on any atom is 0.335 e. The molecule has 2 aromatic carbocycles. The van der Waals surface area contributed by atoms with Crippen LogP contribution < -0.4 is 0 Å². The van der Waals surface area contributed by atoms with Gasteiger partial charge in [0, 0.05) is 15.8 Å². The Morgan fingerprint density at radius 1 is 1.06 bits per heavy atom. The van der Waals surface area contributed by atoms with Crippen LogP contribution in [-0.4, -0.2) is 11.1 Å². The molecule has 3 rings (SSSR count). The molecule has 84 valence electrons. The highest BCUT2D eigenvalue weighted by molar-refractivity contribution is 6.31. The number of rotatable bonds is 1. The molecular formula is C13H7ClO3. The van der Waals surface area contributed by atoms with Gasteiger partial charge in [-0.1, -0.05) is 11.6 Å². The molecule has 1 heterocycles. The fourth-order valence-electron chi connectivity index (χ4n) is 1.88. The normalized spacial score (nSPS) is 11.1. The number of carboxylic acids is 1. The molecule has 1 N–H and O–H groups in total. The van der Waals surface area contributed by atoms with Crippen molar-refractivity contribution in [1.82, 2.24) is 0 Å². The van der Waals surface area contributed by atoms with Crippen molar-refractivity contribution in [3.05, 3.63) is 47.0 Å². The molecular weight excluding hydrogens is 240 g/mol. The highest BCUT2D eigenvalue weighted by Crippen LogP contribution is 2.31. The van der Waals surface area contributed by atoms with E-state index in [1.54, 1.807) is 24.3 Å². The van der Waals surface area contributed by atoms with E-state index in [1.165, 1.54) is 6.07 Å². The van der Waals surface area contributed by atoms with Gasteiger partial charge >= 0.3 is 5.97 Å². The summed E-state index contributed by atoms with van der Waals surface area (Å²) in [5.74, 6) is -0.967. The SMILES string of the molecule is O=C(O)c1ccc2c(c1)oc1ccc(Cl)cc12. The second kappa shape index (κ2) is 3.50. The van der Waals surface area contributed by atoms with Crippen LogP contribution >= 0.6 is 11.6 Å². The van der Waals surface area contributed by atoms with Crippen LogP contribution in [0.3, 0.4) is 0 Å². The van der Waals surface area contributed by atoms with Crippen LogP contribution in [-0.2, 0) is 0 Å². The first-order valence-electron chi connectivity index (χ1n) is 5.00. The quantitative estimate of drug-likeness (QED) is 0.708. The van der Waals surface area contributed by atoms with Crippen molar-refractivity contribution < 1.29 is 14.3 Å². The molecule has 0 spiro atoms. The van der Waals surface area contributed by atoms with Crippen LogP contribution in [0.15, 0.2) is 40.8 Å². The van der Waals surface area contributed by atoms with Crippen molar-refractivity contribution >= 4 is 39.5 Å². The fourth-order valence-corrected chi connectivity index (χ4v) is 2.05. The molecule has 0 radical (unpaired) electrons. The molecule has 0 unspecified atom stereocenters. The van der Waals surface area contributed by atoms with Crippen LogP contribution in [0.2, 0.25) is 5.02 Å². The van der Waals surface area contributed by atoms with Gasteiger partial charge in [-0.3, -0.25) is 0 Å². The van der Waals surface area contributed by atoms with Crippen LogP contribution in [0.1, 0.15) is 10.4 Å². The molecule has 0 aliphatic carbocycles. The summed E-state index contributed by atoms with van der Waals surface area (Å²) in [7, 11) is 0. The van der Waals surface area contributed by atoms with Gasteiger partial charge < -0.3 is 9.52 Å². The van der Waals surface area contributed by atoms with E-state index < -0.39 is 5.97 Å². The third-order valence-electron chi connectivity index (χ3n) is 2.68.